The molecule has 1 fully saturated rings. The predicted molar refractivity (Wildman–Crippen MR) is 82.2 cm³/mol. The van der Waals surface area contributed by atoms with Crippen molar-refractivity contribution in [1.29, 1.82) is 0 Å². The van der Waals surface area contributed by atoms with E-state index in [2.05, 4.69) is 11.5 Å². The Morgan fingerprint density at radius 3 is 2.45 bits per heavy atom. The highest BCUT2D eigenvalue weighted by molar-refractivity contribution is 6.83. The maximum atomic E-state index is 12.3. The average molecular weight is 329 g/mol. The molecule has 1 saturated carbocycles. The van der Waals surface area contributed by atoms with Crippen LogP contribution in [0.1, 0.15) is 12.8 Å². The molecular formula is C14H23NO6Si. The third-order valence-electron chi connectivity index (χ3n) is 3.80. The SMILES string of the molecule is COC(=O)[C@]1(C[N+](=O)[O-])C(C#C[Si](C)(C)C)C[C@H](O)C[C@@H]1O. The molecule has 1 rings (SSSR count). The monoisotopic (exact) mass is 329 g/mol. The van der Waals surface area contributed by atoms with Crippen LogP contribution in [0.15, 0.2) is 0 Å². The maximum Gasteiger partial charge on any atom is 0.322 e. The highest BCUT2D eigenvalue weighted by atomic mass is 28.3. The summed E-state index contributed by atoms with van der Waals surface area (Å²) < 4.78 is 4.72. The van der Waals surface area contributed by atoms with Crippen molar-refractivity contribution in [2.75, 3.05) is 13.7 Å². The molecule has 0 spiro atoms. The van der Waals surface area contributed by atoms with Gasteiger partial charge in [-0.15, -0.1) is 11.5 Å². The summed E-state index contributed by atoms with van der Waals surface area (Å²) in [4.78, 5) is 22.7. The van der Waals surface area contributed by atoms with Crippen molar-refractivity contribution in [2.24, 2.45) is 11.3 Å². The Morgan fingerprint density at radius 1 is 1.41 bits per heavy atom. The molecule has 4 atom stereocenters. The number of methoxy groups -OCH3 is 1. The van der Waals surface area contributed by atoms with E-state index in [0.717, 1.165) is 7.11 Å². The van der Waals surface area contributed by atoms with Crippen LogP contribution in [0.4, 0.5) is 0 Å². The number of hydrogen-bond donors (Lipinski definition) is 2. The minimum atomic E-state index is -1.78. The van der Waals surface area contributed by atoms with Crippen molar-refractivity contribution >= 4 is 14.0 Å². The number of carbonyl (C=O) groups excluding carboxylic acids is 1. The number of rotatable bonds is 3. The number of nitro groups is 1. The molecule has 8 heteroatoms. The van der Waals surface area contributed by atoms with Gasteiger partial charge in [0.15, 0.2) is 5.41 Å². The smallest absolute Gasteiger partial charge is 0.322 e. The van der Waals surface area contributed by atoms with Crippen LogP contribution >= 0.6 is 0 Å². The van der Waals surface area contributed by atoms with Crippen LogP contribution in [-0.2, 0) is 9.53 Å². The van der Waals surface area contributed by atoms with E-state index in [9.17, 15) is 25.1 Å². The molecule has 22 heavy (non-hydrogen) atoms. The number of nitrogens with zero attached hydrogens (tertiary/aromatic N) is 1. The molecule has 1 unspecified atom stereocenters. The van der Waals surface area contributed by atoms with Crippen LogP contribution in [0.3, 0.4) is 0 Å². The van der Waals surface area contributed by atoms with E-state index in [4.69, 9.17) is 4.74 Å². The fourth-order valence-electron chi connectivity index (χ4n) is 2.73. The normalized spacial score (nSPS) is 31.8. The van der Waals surface area contributed by atoms with E-state index in [1.807, 2.05) is 19.6 Å². The van der Waals surface area contributed by atoms with Gasteiger partial charge in [0.05, 0.1) is 19.3 Å². The number of aliphatic hydroxyl groups is 2. The molecule has 0 aromatic rings. The number of hydrogen-bond acceptors (Lipinski definition) is 6. The van der Waals surface area contributed by atoms with E-state index >= 15 is 0 Å². The van der Waals surface area contributed by atoms with E-state index in [0.29, 0.717) is 0 Å². The molecule has 1 aliphatic carbocycles. The third kappa shape index (κ3) is 4.06. The molecule has 1 aliphatic rings. The Hall–Kier alpha value is -1.43. The fourth-order valence-corrected chi connectivity index (χ4v) is 3.34. The lowest BCUT2D eigenvalue weighted by Gasteiger charge is -2.41. The molecule has 0 aromatic carbocycles. The molecule has 0 aromatic heterocycles. The molecule has 124 valence electrons. The minimum absolute atomic E-state index is 0.103. The second-order valence-corrected chi connectivity index (χ2v) is 11.5. The Bertz CT molecular complexity index is 506. The molecule has 0 aliphatic heterocycles. The van der Waals surface area contributed by atoms with Crippen LogP contribution in [0.25, 0.3) is 0 Å². The number of esters is 1. The number of aliphatic hydroxyl groups excluding tert-OH is 2. The van der Waals surface area contributed by atoms with Gasteiger partial charge in [-0.3, -0.25) is 14.9 Å². The third-order valence-corrected chi connectivity index (χ3v) is 4.69. The summed E-state index contributed by atoms with van der Waals surface area (Å²) in [5.74, 6) is 1.26. The lowest BCUT2D eigenvalue weighted by molar-refractivity contribution is -0.501. The predicted octanol–water partition coefficient (Wildman–Crippen LogP) is 0.435. The maximum absolute atomic E-state index is 12.3. The Balaban J connectivity index is 3.37. The first kappa shape index (κ1) is 18.6. The number of carbonyl (C=O) groups is 1. The summed E-state index contributed by atoms with van der Waals surface area (Å²) in [6.07, 6.45) is -2.21. The van der Waals surface area contributed by atoms with Crippen molar-refractivity contribution in [3.8, 4) is 11.5 Å². The molecule has 2 N–H and O–H groups in total. The summed E-state index contributed by atoms with van der Waals surface area (Å²) in [5.41, 5.74) is 1.34. The molecule has 0 saturated heterocycles. The summed E-state index contributed by atoms with van der Waals surface area (Å²) in [6, 6.07) is 0. The number of ether oxygens (including phenoxy) is 1. The van der Waals surface area contributed by atoms with Crippen molar-refractivity contribution in [1.82, 2.24) is 0 Å². The van der Waals surface area contributed by atoms with Gasteiger partial charge in [-0.1, -0.05) is 19.6 Å². The fraction of sp³-hybridized carbons (Fsp3) is 0.786. The molecule has 0 heterocycles. The van der Waals surface area contributed by atoms with Gasteiger partial charge in [0.1, 0.15) is 8.07 Å². The Labute approximate surface area is 130 Å². The lowest BCUT2D eigenvalue weighted by atomic mass is 9.63. The van der Waals surface area contributed by atoms with Crippen LogP contribution in [0.5, 0.6) is 0 Å². The van der Waals surface area contributed by atoms with Crippen LogP contribution in [0.2, 0.25) is 19.6 Å². The van der Waals surface area contributed by atoms with Gasteiger partial charge in [-0.25, -0.2) is 0 Å². The van der Waals surface area contributed by atoms with E-state index in [-0.39, 0.29) is 12.8 Å². The van der Waals surface area contributed by atoms with Gasteiger partial charge < -0.3 is 14.9 Å². The average Bonchev–Trinajstić information content (AvgIpc) is 2.37. The van der Waals surface area contributed by atoms with Crippen LogP contribution in [-0.4, -0.2) is 55.0 Å². The molecule has 0 bridgehead atoms. The van der Waals surface area contributed by atoms with E-state index < -0.39 is 49.1 Å². The van der Waals surface area contributed by atoms with Gasteiger partial charge in [0.2, 0.25) is 6.54 Å². The standard InChI is InChI=1S/C14H23NO6Si/c1-21-13(18)14(9-15(19)20)10(5-6-22(2,3)4)7-11(16)8-12(14)17/h10-12,16-17H,7-9H2,1-4H3/t10?,11-,12-,14+/m0/s1. The first-order chi connectivity index (χ1) is 10.0. The van der Waals surface area contributed by atoms with Crippen molar-refractivity contribution in [2.45, 2.75) is 44.7 Å². The van der Waals surface area contributed by atoms with Gasteiger partial charge in [-0.05, 0) is 6.42 Å². The van der Waals surface area contributed by atoms with Crippen molar-refractivity contribution in [3.05, 3.63) is 10.1 Å². The van der Waals surface area contributed by atoms with Crippen molar-refractivity contribution in [3.63, 3.8) is 0 Å². The van der Waals surface area contributed by atoms with Crippen LogP contribution in [0, 0.1) is 32.9 Å². The van der Waals surface area contributed by atoms with Gasteiger partial charge in [0.25, 0.3) is 0 Å². The largest absolute Gasteiger partial charge is 0.468 e. The zero-order valence-electron chi connectivity index (χ0n) is 13.3. The lowest BCUT2D eigenvalue weighted by Crippen LogP contribution is -2.57. The van der Waals surface area contributed by atoms with Gasteiger partial charge >= 0.3 is 5.97 Å². The van der Waals surface area contributed by atoms with E-state index in [1.165, 1.54) is 0 Å². The first-order valence-electron chi connectivity index (χ1n) is 7.12. The highest BCUT2D eigenvalue weighted by Gasteiger charge is 2.59. The Kier molecular flexibility index (Phi) is 5.73. The second kappa shape index (κ2) is 6.77. The topological polar surface area (TPSA) is 110 Å². The summed E-state index contributed by atoms with van der Waals surface area (Å²) in [7, 11) is -0.649. The highest BCUT2D eigenvalue weighted by Crippen LogP contribution is 2.43. The van der Waals surface area contributed by atoms with Gasteiger partial charge in [-0.2, -0.15) is 0 Å². The summed E-state index contributed by atoms with van der Waals surface area (Å²) >= 11 is 0. The molecular weight excluding hydrogens is 306 g/mol. The quantitative estimate of drug-likeness (QED) is 0.255. The molecule has 0 amide bonds. The summed E-state index contributed by atoms with van der Waals surface area (Å²) in [6.45, 7) is 5.24. The minimum Gasteiger partial charge on any atom is -0.468 e. The second-order valence-electron chi connectivity index (χ2n) is 6.74. The zero-order chi connectivity index (χ0) is 17.1. The van der Waals surface area contributed by atoms with Gasteiger partial charge in [0, 0.05) is 17.3 Å². The van der Waals surface area contributed by atoms with Crippen molar-refractivity contribution < 1.29 is 24.7 Å². The van der Waals surface area contributed by atoms with E-state index in [1.54, 1.807) is 0 Å². The molecule has 7 nitrogen and oxygen atoms in total. The molecule has 0 radical (unpaired) electrons. The zero-order valence-corrected chi connectivity index (χ0v) is 14.3. The Morgan fingerprint density at radius 2 is 2.00 bits per heavy atom. The first-order valence-corrected chi connectivity index (χ1v) is 10.6. The summed E-state index contributed by atoms with van der Waals surface area (Å²) in [5, 5.41) is 31.2. The van der Waals surface area contributed by atoms with Crippen LogP contribution < -0.4 is 0 Å².